The molecule has 0 bridgehead atoms. The molecule has 1 radical (unpaired) electrons. The highest BCUT2D eigenvalue weighted by Gasteiger charge is 1.84. The van der Waals surface area contributed by atoms with Crippen molar-refractivity contribution in [2.75, 3.05) is 0 Å². The van der Waals surface area contributed by atoms with Crippen molar-refractivity contribution in [3.05, 3.63) is 42.0 Å². The molecule has 11 heavy (non-hydrogen) atoms. The normalized spacial score (nSPS) is 10.2. The quantitative estimate of drug-likeness (QED) is 0.621. The van der Waals surface area contributed by atoms with Gasteiger partial charge in [-0.15, -0.1) is 0 Å². The lowest BCUT2D eigenvalue weighted by atomic mass is 10.2. The van der Waals surface area contributed by atoms with Crippen LogP contribution in [-0.2, 0) is 4.79 Å². The van der Waals surface area contributed by atoms with Crippen LogP contribution in [0.1, 0.15) is 5.56 Å². The lowest BCUT2D eigenvalue weighted by molar-refractivity contribution is -0.113. The van der Waals surface area contributed by atoms with Crippen LogP contribution in [0.25, 0.3) is 6.08 Å². The van der Waals surface area contributed by atoms with Crippen LogP contribution >= 0.6 is 0 Å². The molecule has 0 aromatic heterocycles. The van der Waals surface area contributed by atoms with Gasteiger partial charge in [-0.25, -0.2) is 0 Å². The molecule has 0 fully saturated rings. The molecule has 0 unspecified atom stereocenters. The second-order valence-corrected chi connectivity index (χ2v) is 2.07. The summed E-state index contributed by atoms with van der Waals surface area (Å²) in [5, 5.41) is 0. The van der Waals surface area contributed by atoms with Crippen LogP contribution in [0.5, 0.6) is 0 Å². The van der Waals surface area contributed by atoms with E-state index in [2.05, 4.69) is 6.07 Å². The van der Waals surface area contributed by atoms with Crippen molar-refractivity contribution in [3.63, 3.8) is 0 Å². The Morgan fingerprint density at radius 3 is 2.64 bits per heavy atom. The third-order valence-electron chi connectivity index (χ3n) is 1.18. The Labute approximate surface area is 65.3 Å². The first-order valence-electron chi connectivity index (χ1n) is 3.22. The number of carbonyl (C=O) groups is 1. The maximum absolute atomic E-state index is 10.3. The van der Waals surface area contributed by atoms with E-state index in [1.165, 1.54) is 6.08 Å². The molecule has 2 nitrogen and oxygen atoms in total. The van der Waals surface area contributed by atoms with E-state index in [0.717, 1.165) is 5.56 Å². The average molecular weight is 146 g/mol. The number of hydrogen-bond acceptors (Lipinski definition) is 1. The van der Waals surface area contributed by atoms with Crippen LogP contribution in [0.4, 0.5) is 0 Å². The molecule has 55 valence electrons. The number of hydrogen-bond donors (Lipinski definition) is 1. The fraction of sp³-hybridized carbons (Fsp3) is 0. The first kappa shape index (κ1) is 7.54. The van der Waals surface area contributed by atoms with E-state index in [0.29, 0.717) is 0 Å². The van der Waals surface area contributed by atoms with Crippen molar-refractivity contribution in [2.24, 2.45) is 5.73 Å². The second-order valence-electron chi connectivity index (χ2n) is 2.07. The van der Waals surface area contributed by atoms with Crippen LogP contribution in [0.3, 0.4) is 0 Å². The summed E-state index contributed by atoms with van der Waals surface area (Å²) >= 11 is 0. The zero-order chi connectivity index (χ0) is 8.10. The molecule has 0 heterocycles. The predicted molar refractivity (Wildman–Crippen MR) is 43.5 cm³/mol. The molecule has 0 saturated carbocycles. The Kier molecular flexibility index (Phi) is 2.44. The van der Waals surface area contributed by atoms with Gasteiger partial charge in [0.1, 0.15) is 0 Å². The largest absolute Gasteiger partial charge is 0.366 e. The Morgan fingerprint density at radius 1 is 1.45 bits per heavy atom. The van der Waals surface area contributed by atoms with Gasteiger partial charge < -0.3 is 5.73 Å². The summed E-state index contributed by atoms with van der Waals surface area (Å²) in [5.74, 6) is -0.433. The molecule has 0 atom stereocenters. The van der Waals surface area contributed by atoms with Gasteiger partial charge in [0.15, 0.2) is 0 Å². The van der Waals surface area contributed by atoms with E-state index in [-0.39, 0.29) is 0 Å². The Morgan fingerprint density at radius 2 is 2.09 bits per heavy atom. The maximum atomic E-state index is 10.3. The molecular formula is C9H8NO. The zero-order valence-corrected chi connectivity index (χ0v) is 5.95. The molecule has 2 heteroatoms. The topological polar surface area (TPSA) is 43.1 Å². The van der Waals surface area contributed by atoms with E-state index in [9.17, 15) is 4.79 Å². The van der Waals surface area contributed by atoms with E-state index in [1.807, 2.05) is 12.1 Å². The van der Waals surface area contributed by atoms with Gasteiger partial charge in [0, 0.05) is 6.08 Å². The maximum Gasteiger partial charge on any atom is 0.241 e. The van der Waals surface area contributed by atoms with Gasteiger partial charge in [-0.05, 0) is 17.7 Å². The lowest BCUT2D eigenvalue weighted by Crippen LogP contribution is -2.04. The molecule has 1 amide bonds. The number of primary amides is 1. The summed E-state index contributed by atoms with van der Waals surface area (Å²) in [7, 11) is 0. The highest BCUT2D eigenvalue weighted by atomic mass is 16.1. The zero-order valence-electron chi connectivity index (χ0n) is 5.95. The van der Waals surface area contributed by atoms with Crippen molar-refractivity contribution < 1.29 is 4.79 Å². The van der Waals surface area contributed by atoms with Crippen molar-refractivity contribution >= 4 is 12.0 Å². The van der Waals surface area contributed by atoms with E-state index in [1.54, 1.807) is 18.2 Å². The lowest BCUT2D eigenvalue weighted by Gasteiger charge is -1.87. The molecule has 1 rings (SSSR count). The smallest absolute Gasteiger partial charge is 0.241 e. The molecular weight excluding hydrogens is 138 g/mol. The Bertz CT molecular complexity index is 264. The SMILES string of the molecule is NC(=O)/C=C/c1cc[c]cc1. The van der Waals surface area contributed by atoms with Gasteiger partial charge in [-0.2, -0.15) is 0 Å². The number of nitrogens with two attached hydrogens (primary N) is 1. The van der Waals surface area contributed by atoms with E-state index >= 15 is 0 Å². The summed E-state index contributed by atoms with van der Waals surface area (Å²) in [6.07, 6.45) is 2.99. The van der Waals surface area contributed by atoms with E-state index < -0.39 is 5.91 Å². The molecule has 0 aliphatic heterocycles. The molecule has 2 N–H and O–H groups in total. The van der Waals surface area contributed by atoms with Crippen LogP contribution in [-0.4, -0.2) is 5.91 Å². The van der Waals surface area contributed by atoms with Crippen LogP contribution in [0.2, 0.25) is 0 Å². The van der Waals surface area contributed by atoms with Crippen molar-refractivity contribution in [3.8, 4) is 0 Å². The highest BCUT2D eigenvalue weighted by molar-refractivity contribution is 5.90. The molecule has 0 spiro atoms. The third-order valence-corrected chi connectivity index (χ3v) is 1.18. The number of benzene rings is 1. The minimum absolute atomic E-state index is 0.433. The average Bonchev–Trinajstić information content (AvgIpc) is 2.03. The number of amides is 1. The van der Waals surface area contributed by atoms with Crippen molar-refractivity contribution in [2.45, 2.75) is 0 Å². The van der Waals surface area contributed by atoms with Crippen LogP contribution in [0, 0.1) is 6.07 Å². The standard InChI is InChI=1S/C9H8NO/c10-9(11)7-6-8-4-2-1-3-5-8/h2-7H,(H2,10,11)/b7-6+. The summed E-state index contributed by atoms with van der Waals surface area (Å²) in [5.41, 5.74) is 5.85. The van der Waals surface area contributed by atoms with E-state index in [4.69, 9.17) is 5.73 Å². The molecule has 0 saturated heterocycles. The molecule has 1 aromatic rings. The van der Waals surface area contributed by atoms with Gasteiger partial charge in [0.05, 0.1) is 0 Å². The van der Waals surface area contributed by atoms with Crippen LogP contribution < -0.4 is 5.73 Å². The third kappa shape index (κ3) is 2.67. The summed E-state index contributed by atoms with van der Waals surface area (Å²) in [4.78, 5) is 10.3. The minimum Gasteiger partial charge on any atom is -0.366 e. The fourth-order valence-corrected chi connectivity index (χ4v) is 0.689. The van der Waals surface area contributed by atoms with Gasteiger partial charge in [0.25, 0.3) is 0 Å². The van der Waals surface area contributed by atoms with Crippen LogP contribution in [0.15, 0.2) is 30.3 Å². The molecule has 0 aliphatic rings. The second kappa shape index (κ2) is 3.56. The van der Waals surface area contributed by atoms with Crippen molar-refractivity contribution in [1.29, 1.82) is 0 Å². The Balaban J connectivity index is 2.72. The van der Waals surface area contributed by atoms with Gasteiger partial charge in [0.2, 0.25) is 5.91 Å². The first-order chi connectivity index (χ1) is 5.29. The van der Waals surface area contributed by atoms with Gasteiger partial charge in [-0.1, -0.05) is 24.3 Å². The Hall–Kier alpha value is -1.57. The van der Waals surface area contributed by atoms with Gasteiger partial charge in [-0.3, -0.25) is 4.79 Å². The summed E-state index contributed by atoms with van der Waals surface area (Å²) < 4.78 is 0. The first-order valence-corrected chi connectivity index (χ1v) is 3.22. The molecule has 1 aromatic carbocycles. The number of carbonyl (C=O) groups excluding carboxylic acids is 1. The molecule has 0 aliphatic carbocycles. The monoisotopic (exact) mass is 146 g/mol. The van der Waals surface area contributed by atoms with Gasteiger partial charge >= 0.3 is 0 Å². The number of rotatable bonds is 2. The fourth-order valence-electron chi connectivity index (χ4n) is 0.689. The minimum atomic E-state index is -0.433. The predicted octanol–water partition coefficient (Wildman–Crippen LogP) is 0.985. The highest BCUT2D eigenvalue weighted by Crippen LogP contribution is 1.99. The summed E-state index contributed by atoms with van der Waals surface area (Å²) in [6.45, 7) is 0. The van der Waals surface area contributed by atoms with Crippen molar-refractivity contribution in [1.82, 2.24) is 0 Å². The summed E-state index contributed by atoms with van der Waals surface area (Å²) in [6, 6.07) is 10.1.